The first kappa shape index (κ1) is 16.3. The van der Waals surface area contributed by atoms with Crippen molar-refractivity contribution in [1.82, 2.24) is 4.90 Å². The number of hydrogen-bond acceptors (Lipinski definition) is 3. The summed E-state index contributed by atoms with van der Waals surface area (Å²) >= 11 is 1.66. The van der Waals surface area contributed by atoms with Crippen LogP contribution in [0.25, 0.3) is 0 Å². The lowest BCUT2D eigenvalue weighted by atomic mass is 10.1. The Labute approximate surface area is 146 Å². The van der Waals surface area contributed by atoms with Gasteiger partial charge in [-0.15, -0.1) is 11.3 Å². The summed E-state index contributed by atoms with van der Waals surface area (Å²) in [6.45, 7) is 2.04. The molecule has 0 spiro atoms. The molecule has 3 rings (SSSR count). The van der Waals surface area contributed by atoms with E-state index in [9.17, 15) is 4.79 Å². The summed E-state index contributed by atoms with van der Waals surface area (Å²) in [6, 6.07) is 20.9. The van der Waals surface area contributed by atoms with Crippen LogP contribution in [0.5, 0.6) is 11.5 Å². The maximum Gasteiger partial charge on any atom is 0.254 e. The van der Waals surface area contributed by atoms with Gasteiger partial charge >= 0.3 is 0 Å². The van der Waals surface area contributed by atoms with E-state index in [1.54, 1.807) is 22.3 Å². The van der Waals surface area contributed by atoms with Gasteiger partial charge in [-0.05, 0) is 48.7 Å². The van der Waals surface area contributed by atoms with E-state index in [1.165, 1.54) is 4.88 Å². The largest absolute Gasteiger partial charge is 0.457 e. The normalized spacial score (nSPS) is 11.8. The molecule has 0 aliphatic carbocycles. The van der Waals surface area contributed by atoms with Gasteiger partial charge in [-0.25, -0.2) is 0 Å². The highest BCUT2D eigenvalue weighted by Crippen LogP contribution is 2.26. The number of hydrogen-bond donors (Lipinski definition) is 0. The molecule has 2 aromatic carbocycles. The molecule has 3 aromatic rings. The summed E-state index contributed by atoms with van der Waals surface area (Å²) in [6.07, 6.45) is 0. The molecule has 0 unspecified atom stereocenters. The Morgan fingerprint density at radius 3 is 2.46 bits per heavy atom. The third-order valence-electron chi connectivity index (χ3n) is 3.92. The van der Waals surface area contributed by atoms with Gasteiger partial charge in [-0.3, -0.25) is 4.79 Å². The van der Waals surface area contributed by atoms with Gasteiger partial charge in [-0.2, -0.15) is 0 Å². The van der Waals surface area contributed by atoms with Crippen molar-refractivity contribution in [3.8, 4) is 11.5 Å². The Morgan fingerprint density at radius 2 is 1.75 bits per heavy atom. The standard InChI is InChI=1S/C20H19NO2S/c1-15(19-12-7-13-24-19)21(2)20(22)16-8-6-11-18(14-16)23-17-9-4-3-5-10-17/h3-15H,1-2H3/t15-/m0/s1. The van der Waals surface area contributed by atoms with E-state index in [4.69, 9.17) is 4.74 Å². The molecule has 0 saturated carbocycles. The molecule has 1 amide bonds. The number of thiophene rings is 1. The number of rotatable bonds is 5. The molecule has 0 aliphatic heterocycles. The van der Waals surface area contributed by atoms with Crippen LogP contribution in [0.3, 0.4) is 0 Å². The lowest BCUT2D eigenvalue weighted by Crippen LogP contribution is -2.29. The van der Waals surface area contributed by atoms with Gasteiger partial charge in [0.25, 0.3) is 5.91 Å². The molecule has 4 heteroatoms. The van der Waals surface area contributed by atoms with Crippen LogP contribution >= 0.6 is 11.3 Å². The van der Waals surface area contributed by atoms with Crippen molar-refractivity contribution >= 4 is 17.2 Å². The van der Waals surface area contributed by atoms with Gasteiger partial charge in [0.1, 0.15) is 11.5 Å². The second-order valence-corrected chi connectivity index (χ2v) is 6.53. The van der Waals surface area contributed by atoms with Crippen LogP contribution in [-0.4, -0.2) is 17.9 Å². The first-order chi connectivity index (χ1) is 11.6. The fourth-order valence-electron chi connectivity index (χ4n) is 2.42. The summed E-state index contributed by atoms with van der Waals surface area (Å²) in [5.74, 6) is 1.39. The number of amides is 1. The van der Waals surface area contributed by atoms with Crippen molar-refractivity contribution in [2.45, 2.75) is 13.0 Å². The predicted octanol–water partition coefficient (Wildman–Crippen LogP) is 5.37. The zero-order chi connectivity index (χ0) is 16.9. The lowest BCUT2D eigenvalue weighted by Gasteiger charge is -2.24. The third kappa shape index (κ3) is 3.66. The Bertz CT molecular complexity index is 800. The van der Waals surface area contributed by atoms with Gasteiger partial charge in [0.05, 0.1) is 6.04 Å². The van der Waals surface area contributed by atoms with Gasteiger partial charge in [-0.1, -0.05) is 30.3 Å². The molecule has 0 saturated heterocycles. The van der Waals surface area contributed by atoms with Gasteiger partial charge in [0, 0.05) is 17.5 Å². The summed E-state index contributed by atoms with van der Waals surface area (Å²) < 4.78 is 5.81. The fraction of sp³-hybridized carbons (Fsp3) is 0.150. The second-order valence-electron chi connectivity index (χ2n) is 5.55. The molecular weight excluding hydrogens is 318 g/mol. The Balaban J connectivity index is 1.76. The van der Waals surface area contributed by atoms with Crippen LogP contribution < -0.4 is 4.74 Å². The Hall–Kier alpha value is -2.59. The third-order valence-corrected chi connectivity index (χ3v) is 4.96. The number of benzene rings is 2. The average molecular weight is 337 g/mol. The van der Waals surface area contributed by atoms with Crippen LogP contribution in [0.1, 0.15) is 28.2 Å². The van der Waals surface area contributed by atoms with Crippen LogP contribution in [0, 0.1) is 0 Å². The van der Waals surface area contributed by atoms with Gasteiger partial charge in [0.2, 0.25) is 0 Å². The number of para-hydroxylation sites is 1. The quantitative estimate of drug-likeness (QED) is 0.626. The van der Waals surface area contributed by atoms with Crippen LogP contribution in [0.2, 0.25) is 0 Å². The monoisotopic (exact) mass is 337 g/mol. The average Bonchev–Trinajstić information content (AvgIpc) is 3.15. The lowest BCUT2D eigenvalue weighted by molar-refractivity contribution is 0.0744. The minimum Gasteiger partial charge on any atom is -0.457 e. The van der Waals surface area contributed by atoms with E-state index in [0.717, 1.165) is 5.75 Å². The molecule has 0 aliphatic rings. The summed E-state index contributed by atoms with van der Waals surface area (Å²) in [7, 11) is 1.83. The minimum absolute atomic E-state index is 0.0191. The van der Waals surface area contributed by atoms with Crippen molar-refractivity contribution in [2.75, 3.05) is 7.05 Å². The van der Waals surface area contributed by atoms with E-state index < -0.39 is 0 Å². The van der Waals surface area contributed by atoms with Crippen LogP contribution in [0.4, 0.5) is 0 Å². The molecule has 0 radical (unpaired) electrons. The fourth-order valence-corrected chi connectivity index (χ4v) is 3.24. The maximum absolute atomic E-state index is 12.8. The molecule has 122 valence electrons. The molecule has 0 fully saturated rings. The van der Waals surface area contributed by atoms with E-state index in [-0.39, 0.29) is 11.9 Å². The maximum atomic E-state index is 12.8. The topological polar surface area (TPSA) is 29.5 Å². The van der Waals surface area contributed by atoms with E-state index in [0.29, 0.717) is 11.3 Å². The van der Waals surface area contributed by atoms with E-state index in [2.05, 4.69) is 0 Å². The van der Waals surface area contributed by atoms with Gasteiger partial charge in [0.15, 0.2) is 0 Å². The second kappa shape index (κ2) is 7.32. The molecule has 0 N–H and O–H groups in total. The molecule has 3 nitrogen and oxygen atoms in total. The van der Waals surface area contributed by atoms with Crippen molar-refractivity contribution in [2.24, 2.45) is 0 Å². The SMILES string of the molecule is C[C@@H](c1cccs1)N(C)C(=O)c1cccc(Oc2ccccc2)c1. The van der Waals surface area contributed by atoms with Crippen molar-refractivity contribution in [3.05, 3.63) is 82.6 Å². The molecular formula is C20H19NO2S. The number of carbonyl (C=O) groups is 1. The minimum atomic E-state index is -0.0191. The zero-order valence-corrected chi connectivity index (χ0v) is 14.5. The van der Waals surface area contributed by atoms with E-state index in [1.807, 2.05) is 80.0 Å². The van der Waals surface area contributed by atoms with Crippen molar-refractivity contribution in [1.29, 1.82) is 0 Å². The summed E-state index contributed by atoms with van der Waals surface area (Å²) in [5, 5.41) is 2.03. The first-order valence-electron chi connectivity index (χ1n) is 7.78. The Kier molecular flexibility index (Phi) is 4.96. The highest BCUT2D eigenvalue weighted by Gasteiger charge is 2.20. The van der Waals surface area contributed by atoms with Crippen LogP contribution in [0.15, 0.2) is 72.1 Å². The molecule has 24 heavy (non-hydrogen) atoms. The van der Waals surface area contributed by atoms with Crippen molar-refractivity contribution < 1.29 is 9.53 Å². The number of ether oxygens (including phenoxy) is 1. The predicted molar refractivity (Wildman–Crippen MR) is 97.8 cm³/mol. The highest BCUT2D eigenvalue weighted by atomic mass is 32.1. The molecule has 1 atom stereocenters. The molecule has 1 heterocycles. The van der Waals surface area contributed by atoms with E-state index >= 15 is 0 Å². The Morgan fingerprint density at radius 1 is 1.00 bits per heavy atom. The van der Waals surface area contributed by atoms with Gasteiger partial charge < -0.3 is 9.64 Å². The van der Waals surface area contributed by atoms with Crippen molar-refractivity contribution in [3.63, 3.8) is 0 Å². The smallest absolute Gasteiger partial charge is 0.254 e. The van der Waals surface area contributed by atoms with Crippen LogP contribution in [-0.2, 0) is 0 Å². The summed E-state index contributed by atoms with van der Waals surface area (Å²) in [4.78, 5) is 15.7. The highest BCUT2D eigenvalue weighted by molar-refractivity contribution is 7.10. The summed E-state index contributed by atoms with van der Waals surface area (Å²) in [5.41, 5.74) is 0.620. The molecule has 1 aromatic heterocycles. The number of nitrogens with zero attached hydrogens (tertiary/aromatic N) is 1. The first-order valence-corrected chi connectivity index (χ1v) is 8.66. The molecule has 0 bridgehead atoms. The number of carbonyl (C=O) groups excluding carboxylic acids is 1. The zero-order valence-electron chi connectivity index (χ0n) is 13.7.